The summed E-state index contributed by atoms with van der Waals surface area (Å²) in [4.78, 5) is 56.3. The van der Waals surface area contributed by atoms with Gasteiger partial charge in [0.25, 0.3) is 0 Å². The highest BCUT2D eigenvalue weighted by atomic mass is 19.0. The molecule has 14 nitrogen and oxygen atoms in total. The Bertz CT molecular complexity index is 2570. The molecule has 0 radical (unpaired) electrons. The third-order valence-corrected chi connectivity index (χ3v) is 12.4. The molecule has 0 bridgehead atoms. The van der Waals surface area contributed by atoms with E-state index in [0.29, 0.717) is 65.0 Å². The fourth-order valence-electron chi connectivity index (χ4n) is 8.45. The maximum Gasteiger partial charge on any atom is 0.410 e. The van der Waals surface area contributed by atoms with E-state index < -0.39 is 11.1 Å². The van der Waals surface area contributed by atoms with Crippen LogP contribution in [0.15, 0.2) is 175 Å². The summed E-state index contributed by atoms with van der Waals surface area (Å²) in [5.41, 5.74) is 10.1. The summed E-state index contributed by atoms with van der Waals surface area (Å²) >= 11 is 0. The molecule has 0 aromatic heterocycles. The van der Waals surface area contributed by atoms with Crippen LogP contribution in [0.5, 0.6) is 11.5 Å². The lowest BCUT2D eigenvalue weighted by atomic mass is 9.81. The molecule has 4 N–H and O–H groups in total. The SMILES string of the molecule is COc1ccccc1CN.COc1ccccc1CNC(=O)NC1(c2ccccc2)CCN(C(=O)OCc2ccccc2)CC1.F.O=C=NC1(c2ccccc2)CCN(C(=O)OCc2ccccc2)CC1.[3HH]. The summed E-state index contributed by atoms with van der Waals surface area (Å²) < 4.78 is 21.3. The molecule has 2 fully saturated rings. The zero-order valence-electron chi connectivity index (χ0n) is 40.2. The van der Waals surface area contributed by atoms with Crippen LogP contribution in [0.3, 0.4) is 0 Å². The average molecular weight is 971 g/mol. The summed E-state index contributed by atoms with van der Waals surface area (Å²) in [6, 6.07) is 53.9. The van der Waals surface area contributed by atoms with Crippen molar-refractivity contribution in [3.63, 3.8) is 0 Å². The lowest BCUT2D eigenvalue weighted by Gasteiger charge is -2.42. The molecule has 0 unspecified atom stereocenters. The predicted octanol–water partition coefficient (Wildman–Crippen LogP) is 10.0. The molecule has 2 saturated heterocycles. The van der Waals surface area contributed by atoms with Crippen molar-refractivity contribution in [2.45, 2.75) is 63.1 Å². The van der Waals surface area contributed by atoms with Crippen LogP contribution >= 0.6 is 0 Å². The van der Waals surface area contributed by atoms with Gasteiger partial charge in [0, 0.05) is 51.8 Å². The number of halogens is 1. The maximum atomic E-state index is 13.0. The smallest absolute Gasteiger partial charge is 0.410 e. The lowest BCUT2D eigenvalue weighted by molar-refractivity contribution is 0.0733. The number of isocyanates is 1. The molecule has 2 aliphatic rings. The topological polar surface area (TPSA) is 174 Å². The zero-order chi connectivity index (χ0) is 49.4. The van der Waals surface area contributed by atoms with Crippen molar-refractivity contribution in [1.82, 2.24) is 20.4 Å². The molecule has 0 aliphatic carbocycles. The minimum Gasteiger partial charge on any atom is -0.496 e. The molecule has 374 valence electrons. The molecule has 71 heavy (non-hydrogen) atoms. The number of para-hydroxylation sites is 2. The lowest BCUT2D eigenvalue weighted by Crippen LogP contribution is -2.56. The van der Waals surface area contributed by atoms with E-state index in [9.17, 15) is 19.2 Å². The Labute approximate surface area is 416 Å². The van der Waals surface area contributed by atoms with Gasteiger partial charge in [-0.15, -0.1) is 0 Å². The van der Waals surface area contributed by atoms with Crippen LogP contribution in [0.2, 0.25) is 0 Å². The number of nitrogens with zero attached hydrogens (tertiary/aromatic N) is 3. The van der Waals surface area contributed by atoms with Gasteiger partial charge < -0.3 is 45.1 Å². The van der Waals surface area contributed by atoms with E-state index in [2.05, 4.69) is 15.6 Å². The number of amides is 4. The standard InChI is InChI=1S/C28H31N3O4.C20H20N2O3.C8H11NO.FH.H2/c1-34-25-15-9-8-12-23(25)20-29-26(32)30-28(24-13-6-3-7-14-24)16-18-31(19-17-28)27(33)35-21-22-10-4-2-5-11-22;23-16-21-20(18-9-5-2-6-10-18)11-13-22(14-12-20)19(24)25-15-17-7-3-1-4-8-17;1-10-8-5-3-2-4-7(8)6-9;;/h2-15H,16-21H2,1H3,(H2,29,30,32);1-10H,11-15H2;2-5H,6,9H2,1H3;2*1H/i;;;;1+2. The number of piperidine rings is 2. The van der Waals surface area contributed by atoms with Crippen LogP contribution in [0.1, 0.15) is 60.5 Å². The van der Waals surface area contributed by atoms with Gasteiger partial charge in [-0.2, -0.15) is 4.99 Å². The predicted molar refractivity (Wildman–Crippen MR) is 273 cm³/mol. The van der Waals surface area contributed by atoms with Crippen molar-refractivity contribution in [1.29, 1.82) is 0 Å². The summed E-state index contributed by atoms with van der Waals surface area (Å²) in [6.07, 6.45) is 3.36. The maximum absolute atomic E-state index is 13.0. The number of nitrogens with one attached hydrogen (secondary N) is 2. The first kappa shape index (κ1) is 53.9. The van der Waals surface area contributed by atoms with Gasteiger partial charge in [-0.05, 0) is 60.1 Å². The monoisotopic (exact) mass is 970 g/mol. The largest absolute Gasteiger partial charge is 0.496 e. The van der Waals surface area contributed by atoms with Gasteiger partial charge in [0.15, 0.2) is 0 Å². The number of aliphatic imine (C=N–C) groups is 1. The summed E-state index contributed by atoms with van der Waals surface area (Å²) in [6.45, 7) is 3.32. The quantitative estimate of drug-likeness (QED) is 0.0752. The molecule has 0 spiro atoms. The van der Waals surface area contributed by atoms with Crippen molar-refractivity contribution in [3.05, 3.63) is 203 Å². The van der Waals surface area contributed by atoms with Crippen molar-refractivity contribution in [3.8, 4) is 11.5 Å². The second-order valence-corrected chi connectivity index (χ2v) is 16.7. The van der Waals surface area contributed by atoms with Gasteiger partial charge in [-0.3, -0.25) is 4.70 Å². The van der Waals surface area contributed by atoms with Crippen LogP contribution in [-0.4, -0.2) is 74.5 Å². The molecule has 8 rings (SSSR count). The number of rotatable bonds is 13. The van der Waals surface area contributed by atoms with E-state index in [4.69, 9.17) is 24.7 Å². The Morgan fingerprint density at radius 1 is 0.592 bits per heavy atom. The number of nitrogens with two attached hydrogens (primary N) is 1. The van der Waals surface area contributed by atoms with Crippen molar-refractivity contribution in [2.75, 3.05) is 40.4 Å². The molecular weight excluding hydrogens is 904 g/mol. The van der Waals surface area contributed by atoms with Gasteiger partial charge in [0.2, 0.25) is 6.08 Å². The first-order valence-corrected chi connectivity index (χ1v) is 23.3. The summed E-state index contributed by atoms with van der Waals surface area (Å²) in [7, 11) is 3.26. The van der Waals surface area contributed by atoms with Gasteiger partial charge >= 0.3 is 18.2 Å². The highest BCUT2D eigenvalue weighted by Gasteiger charge is 2.40. The van der Waals surface area contributed by atoms with Crippen molar-refractivity contribution >= 4 is 24.3 Å². The molecule has 0 atom stereocenters. The van der Waals surface area contributed by atoms with Crippen LogP contribution in [0.25, 0.3) is 0 Å². The third kappa shape index (κ3) is 15.5. The molecular formula is C56H65FN6O8. The Morgan fingerprint density at radius 3 is 1.45 bits per heavy atom. The number of likely N-dealkylation sites (tertiary alicyclic amines) is 2. The Hall–Kier alpha value is -8.00. The van der Waals surface area contributed by atoms with Crippen molar-refractivity contribution in [2.24, 2.45) is 10.7 Å². The molecule has 2 heterocycles. The number of carbonyl (C=O) groups excluding carboxylic acids is 4. The minimum absolute atomic E-state index is 0. The van der Waals surface area contributed by atoms with Gasteiger partial charge in [0.05, 0.1) is 19.8 Å². The first-order chi connectivity index (χ1) is 34.2. The van der Waals surface area contributed by atoms with E-state index >= 15 is 0 Å². The number of urea groups is 1. The fourth-order valence-corrected chi connectivity index (χ4v) is 8.45. The van der Waals surface area contributed by atoms with E-state index in [1.807, 2.05) is 170 Å². The van der Waals surface area contributed by atoms with Gasteiger partial charge in [0.1, 0.15) is 30.3 Å². The fraction of sp³-hybridized carbons (Fsp3) is 0.286. The van der Waals surface area contributed by atoms with Crippen LogP contribution in [-0.2, 0) is 51.6 Å². The average Bonchev–Trinajstić information content (AvgIpc) is 3.43. The molecule has 2 aliphatic heterocycles. The second-order valence-electron chi connectivity index (χ2n) is 16.7. The van der Waals surface area contributed by atoms with Crippen LogP contribution in [0.4, 0.5) is 19.1 Å². The summed E-state index contributed by atoms with van der Waals surface area (Å²) in [5.74, 6) is 1.60. The van der Waals surface area contributed by atoms with E-state index in [1.54, 1.807) is 30.1 Å². The van der Waals surface area contributed by atoms with Gasteiger partial charge in [-0.25, -0.2) is 19.2 Å². The number of hydrogen-bond donors (Lipinski definition) is 3. The molecule has 0 saturated carbocycles. The Balaban J connectivity index is 0.000000264. The molecule has 15 heteroatoms. The van der Waals surface area contributed by atoms with Crippen LogP contribution in [0, 0.1) is 0 Å². The zero-order valence-corrected chi connectivity index (χ0v) is 40.2. The third-order valence-electron chi connectivity index (χ3n) is 12.4. The normalized spacial score (nSPS) is 14.1. The van der Waals surface area contributed by atoms with Crippen LogP contribution < -0.4 is 25.8 Å². The van der Waals surface area contributed by atoms with E-state index in [0.717, 1.165) is 44.9 Å². The molecule has 6 aromatic rings. The number of methoxy groups -OCH3 is 2. The first-order valence-electron chi connectivity index (χ1n) is 23.3. The Morgan fingerprint density at radius 2 is 1.00 bits per heavy atom. The highest BCUT2D eigenvalue weighted by Crippen LogP contribution is 2.37. The van der Waals surface area contributed by atoms with E-state index in [-0.39, 0.29) is 37.6 Å². The highest BCUT2D eigenvalue weighted by molar-refractivity contribution is 5.75. The van der Waals surface area contributed by atoms with E-state index in [1.165, 1.54) is 0 Å². The molecule has 6 aromatic carbocycles. The van der Waals surface area contributed by atoms with Gasteiger partial charge in [-0.1, -0.05) is 158 Å². The second kappa shape index (κ2) is 27.9. The number of carbonyl (C=O) groups is 3. The van der Waals surface area contributed by atoms with Crippen molar-refractivity contribution < 1.29 is 44.3 Å². The Kier molecular flexibility index (Phi) is 21.2. The minimum atomic E-state index is -0.598. The number of benzene rings is 6. The number of hydrogen-bond acceptors (Lipinski definition) is 10. The summed E-state index contributed by atoms with van der Waals surface area (Å²) in [5, 5.41) is 6.16. The number of ether oxygens (including phenoxy) is 4. The molecule has 4 amide bonds.